The van der Waals surface area contributed by atoms with E-state index in [0.717, 1.165) is 23.4 Å². The first-order chi connectivity index (χ1) is 9.22. The number of hydrogen-bond acceptors (Lipinski definition) is 3. The summed E-state index contributed by atoms with van der Waals surface area (Å²) in [5.74, 6) is 1.33. The predicted octanol–water partition coefficient (Wildman–Crippen LogP) is 2.82. The topological polar surface area (TPSA) is 67.0 Å². The Morgan fingerprint density at radius 1 is 1.37 bits per heavy atom. The highest BCUT2D eigenvalue weighted by Crippen LogP contribution is 2.22. The second-order valence-electron chi connectivity index (χ2n) is 4.19. The molecular weight excluding hydrogens is 242 g/mol. The number of ether oxygens (including phenoxy) is 1. The normalized spacial score (nSPS) is 10.2. The van der Waals surface area contributed by atoms with Crippen molar-refractivity contribution in [1.29, 1.82) is 0 Å². The van der Waals surface area contributed by atoms with E-state index in [-0.39, 0.29) is 5.91 Å². The summed E-state index contributed by atoms with van der Waals surface area (Å²) in [4.78, 5) is 11.5. The molecule has 2 aromatic rings. The van der Waals surface area contributed by atoms with Crippen molar-refractivity contribution in [2.45, 2.75) is 19.8 Å². The summed E-state index contributed by atoms with van der Waals surface area (Å²) in [5, 5.41) is 9.72. The zero-order valence-electron chi connectivity index (χ0n) is 11.1. The minimum atomic E-state index is -0.0183. The van der Waals surface area contributed by atoms with Crippen LogP contribution < -0.4 is 10.1 Å². The van der Waals surface area contributed by atoms with E-state index >= 15 is 0 Å². The number of rotatable bonds is 5. The molecule has 0 spiro atoms. The fourth-order valence-electron chi connectivity index (χ4n) is 1.74. The fourth-order valence-corrected chi connectivity index (χ4v) is 1.74. The molecule has 0 saturated carbocycles. The van der Waals surface area contributed by atoms with Gasteiger partial charge in [0.1, 0.15) is 5.75 Å². The van der Waals surface area contributed by atoms with Gasteiger partial charge in [0.05, 0.1) is 12.8 Å². The maximum Gasteiger partial charge on any atom is 0.225 e. The van der Waals surface area contributed by atoms with Crippen LogP contribution in [0, 0.1) is 0 Å². The maximum absolute atomic E-state index is 11.5. The molecular formula is C14H17N3O2. The van der Waals surface area contributed by atoms with Crippen molar-refractivity contribution in [2.75, 3.05) is 12.4 Å². The van der Waals surface area contributed by atoms with Crippen molar-refractivity contribution in [3.63, 3.8) is 0 Å². The summed E-state index contributed by atoms with van der Waals surface area (Å²) in [6.07, 6.45) is 1.33. The van der Waals surface area contributed by atoms with Gasteiger partial charge in [-0.1, -0.05) is 6.92 Å². The molecule has 5 heteroatoms. The van der Waals surface area contributed by atoms with Gasteiger partial charge in [0.15, 0.2) is 5.82 Å². The minimum absolute atomic E-state index is 0.0183. The number of aromatic amines is 1. The largest absolute Gasteiger partial charge is 0.497 e. The van der Waals surface area contributed by atoms with Crippen LogP contribution in [0.2, 0.25) is 0 Å². The average Bonchev–Trinajstić information content (AvgIpc) is 2.87. The first kappa shape index (κ1) is 13.1. The summed E-state index contributed by atoms with van der Waals surface area (Å²) in [5.41, 5.74) is 1.85. The van der Waals surface area contributed by atoms with Crippen molar-refractivity contribution in [3.05, 3.63) is 30.3 Å². The number of benzene rings is 1. The molecule has 2 rings (SSSR count). The van der Waals surface area contributed by atoms with Gasteiger partial charge in [0, 0.05) is 12.5 Å². The monoisotopic (exact) mass is 259 g/mol. The lowest BCUT2D eigenvalue weighted by Gasteiger charge is -2.00. The number of aromatic nitrogens is 2. The van der Waals surface area contributed by atoms with E-state index in [1.807, 2.05) is 37.3 Å². The van der Waals surface area contributed by atoms with Gasteiger partial charge in [-0.05, 0) is 36.2 Å². The van der Waals surface area contributed by atoms with Gasteiger partial charge < -0.3 is 10.1 Å². The van der Waals surface area contributed by atoms with Crippen LogP contribution in [0.3, 0.4) is 0 Å². The van der Waals surface area contributed by atoms with Crippen molar-refractivity contribution < 1.29 is 9.53 Å². The molecule has 0 saturated heterocycles. The summed E-state index contributed by atoms with van der Waals surface area (Å²) < 4.78 is 5.11. The van der Waals surface area contributed by atoms with Crippen LogP contribution in [0.1, 0.15) is 19.8 Å². The Labute approximate surface area is 112 Å². The molecule has 0 unspecified atom stereocenters. The van der Waals surface area contributed by atoms with Crippen LogP contribution in [0.4, 0.5) is 5.82 Å². The van der Waals surface area contributed by atoms with Crippen LogP contribution in [-0.4, -0.2) is 23.2 Å². The Kier molecular flexibility index (Phi) is 4.18. The number of hydrogen-bond donors (Lipinski definition) is 2. The van der Waals surface area contributed by atoms with Crippen LogP contribution in [0.5, 0.6) is 5.75 Å². The number of methoxy groups -OCH3 is 1. The third kappa shape index (κ3) is 3.34. The summed E-state index contributed by atoms with van der Waals surface area (Å²) in [6.45, 7) is 1.97. The lowest BCUT2D eigenvalue weighted by Crippen LogP contribution is -2.10. The molecule has 0 aliphatic carbocycles. The van der Waals surface area contributed by atoms with E-state index in [1.165, 1.54) is 0 Å². The molecule has 0 radical (unpaired) electrons. The SMILES string of the molecule is CCCC(=O)Nc1cc(-c2ccc(OC)cc2)[nH]n1. The van der Waals surface area contributed by atoms with E-state index in [4.69, 9.17) is 4.74 Å². The van der Waals surface area contributed by atoms with Gasteiger partial charge in [0.2, 0.25) is 5.91 Å². The van der Waals surface area contributed by atoms with E-state index in [0.29, 0.717) is 12.2 Å². The highest BCUT2D eigenvalue weighted by Gasteiger charge is 2.06. The first-order valence-electron chi connectivity index (χ1n) is 6.22. The molecule has 0 fully saturated rings. The maximum atomic E-state index is 11.5. The van der Waals surface area contributed by atoms with Crippen molar-refractivity contribution in [3.8, 4) is 17.0 Å². The highest BCUT2D eigenvalue weighted by atomic mass is 16.5. The van der Waals surface area contributed by atoms with Crippen LogP contribution in [0.25, 0.3) is 11.3 Å². The average molecular weight is 259 g/mol. The zero-order chi connectivity index (χ0) is 13.7. The third-order valence-electron chi connectivity index (χ3n) is 2.72. The molecule has 0 aliphatic rings. The molecule has 5 nitrogen and oxygen atoms in total. The number of amides is 1. The molecule has 1 amide bonds. The number of nitrogens with zero attached hydrogens (tertiary/aromatic N) is 1. The number of H-pyrrole nitrogens is 1. The van der Waals surface area contributed by atoms with E-state index in [9.17, 15) is 4.79 Å². The molecule has 1 aromatic heterocycles. The van der Waals surface area contributed by atoms with Gasteiger partial charge in [-0.2, -0.15) is 5.10 Å². The molecule has 2 N–H and O–H groups in total. The lowest BCUT2D eigenvalue weighted by atomic mass is 10.1. The van der Waals surface area contributed by atoms with Crippen LogP contribution >= 0.6 is 0 Å². The second kappa shape index (κ2) is 6.04. The standard InChI is InChI=1S/C14H17N3O2/c1-3-4-14(18)15-13-9-12(16-17-13)10-5-7-11(19-2)8-6-10/h5-9H,3-4H2,1-2H3,(H2,15,16,17,18). The molecule has 0 bridgehead atoms. The van der Waals surface area contributed by atoms with Gasteiger partial charge in [-0.3, -0.25) is 9.89 Å². The third-order valence-corrected chi connectivity index (χ3v) is 2.72. The molecule has 1 aromatic carbocycles. The number of carbonyl (C=O) groups excluding carboxylic acids is 1. The fraction of sp³-hybridized carbons (Fsp3) is 0.286. The molecule has 19 heavy (non-hydrogen) atoms. The second-order valence-corrected chi connectivity index (χ2v) is 4.19. The van der Waals surface area contributed by atoms with Gasteiger partial charge >= 0.3 is 0 Å². The van der Waals surface area contributed by atoms with Crippen molar-refractivity contribution in [2.24, 2.45) is 0 Å². The first-order valence-corrected chi connectivity index (χ1v) is 6.22. The Morgan fingerprint density at radius 2 is 2.11 bits per heavy atom. The van der Waals surface area contributed by atoms with Gasteiger partial charge in [0.25, 0.3) is 0 Å². The highest BCUT2D eigenvalue weighted by molar-refractivity contribution is 5.90. The van der Waals surface area contributed by atoms with Crippen LogP contribution in [0.15, 0.2) is 30.3 Å². The Bertz CT molecular complexity index is 546. The lowest BCUT2D eigenvalue weighted by molar-refractivity contribution is -0.116. The zero-order valence-corrected chi connectivity index (χ0v) is 11.1. The Hall–Kier alpha value is -2.30. The van der Waals surface area contributed by atoms with Crippen LogP contribution in [-0.2, 0) is 4.79 Å². The quantitative estimate of drug-likeness (QED) is 0.867. The Balaban J connectivity index is 2.09. The predicted molar refractivity (Wildman–Crippen MR) is 74.1 cm³/mol. The molecule has 1 heterocycles. The molecule has 0 atom stereocenters. The van der Waals surface area contributed by atoms with E-state index < -0.39 is 0 Å². The summed E-state index contributed by atoms with van der Waals surface area (Å²) in [7, 11) is 1.63. The molecule has 100 valence electrons. The van der Waals surface area contributed by atoms with Crippen molar-refractivity contribution >= 4 is 11.7 Å². The summed E-state index contributed by atoms with van der Waals surface area (Å²) >= 11 is 0. The van der Waals surface area contributed by atoms with E-state index in [1.54, 1.807) is 7.11 Å². The number of nitrogens with one attached hydrogen (secondary N) is 2. The molecule has 0 aliphatic heterocycles. The van der Waals surface area contributed by atoms with Gasteiger partial charge in [-0.25, -0.2) is 0 Å². The smallest absolute Gasteiger partial charge is 0.225 e. The number of anilines is 1. The number of carbonyl (C=O) groups is 1. The Morgan fingerprint density at radius 3 is 2.74 bits per heavy atom. The minimum Gasteiger partial charge on any atom is -0.497 e. The van der Waals surface area contributed by atoms with Crippen molar-refractivity contribution in [1.82, 2.24) is 10.2 Å². The van der Waals surface area contributed by atoms with E-state index in [2.05, 4.69) is 15.5 Å². The van der Waals surface area contributed by atoms with Gasteiger partial charge in [-0.15, -0.1) is 0 Å². The summed E-state index contributed by atoms with van der Waals surface area (Å²) in [6, 6.07) is 9.44.